The highest BCUT2D eigenvalue weighted by molar-refractivity contribution is 5.48. The molecule has 0 bridgehead atoms. The minimum Gasteiger partial charge on any atom is -0.359 e. The molecule has 1 aromatic rings. The highest BCUT2D eigenvalue weighted by Crippen LogP contribution is 2.29. The summed E-state index contributed by atoms with van der Waals surface area (Å²) < 4.78 is 37.4. The monoisotopic (exact) mass is 272 g/mol. The maximum Gasteiger partial charge on any atom is 0.433 e. The highest BCUT2D eigenvalue weighted by Gasteiger charge is 2.32. The number of halogens is 3. The first-order valence-corrected chi connectivity index (χ1v) is 6.41. The van der Waals surface area contributed by atoms with Gasteiger partial charge in [0.2, 0.25) is 0 Å². The number of nitrogens with zero attached hydrogens (tertiary/aromatic N) is 1. The molecule has 0 spiro atoms. The van der Waals surface area contributed by atoms with Gasteiger partial charge < -0.3 is 5.32 Å². The summed E-state index contributed by atoms with van der Waals surface area (Å²) in [5.74, 6) is 0. The van der Waals surface area contributed by atoms with Crippen LogP contribution in [0.3, 0.4) is 0 Å². The Morgan fingerprint density at radius 3 is 2.68 bits per heavy atom. The summed E-state index contributed by atoms with van der Waals surface area (Å²) in [6.07, 6.45) is 1.93. The second-order valence-electron chi connectivity index (χ2n) is 4.47. The number of unbranched alkanes of at least 4 members (excludes halogenated alkanes) is 3. The van der Waals surface area contributed by atoms with E-state index in [2.05, 4.69) is 23.8 Å². The third-order valence-corrected chi connectivity index (χ3v) is 2.70. The lowest BCUT2D eigenvalue weighted by Crippen LogP contribution is -2.08. The quantitative estimate of drug-likeness (QED) is 0.707. The van der Waals surface area contributed by atoms with Crippen LogP contribution in [0.5, 0.6) is 0 Å². The van der Waals surface area contributed by atoms with Crippen LogP contribution >= 0.6 is 0 Å². The maximum atomic E-state index is 12.5. The maximum absolute atomic E-state index is 12.5. The van der Waals surface area contributed by atoms with Crippen molar-refractivity contribution in [1.82, 2.24) is 4.98 Å². The molecule has 1 heterocycles. The number of pyridine rings is 1. The largest absolute Gasteiger partial charge is 0.433 e. The number of anilines is 1. The summed E-state index contributed by atoms with van der Waals surface area (Å²) in [5.41, 5.74) is 0.217. The van der Waals surface area contributed by atoms with E-state index < -0.39 is 11.9 Å². The van der Waals surface area contributed by atoms with Gasteiger partial charge in [0.25, 0.3) is 0 Å². The summed E-state index contributed by atoms with van der Waals surface area (Å²) in [6, 6.07) is 2.50. The number of hydrogen-bond donors (Lipinski definition) is 1. The molecule has 0 saturated carbocycles. The fourth-order valence-corrected chi connectivity index (χ4v) is 1.70. The Labute approximate surface area is 111 Å². The van der Waals surface area contributed by atoms with Gasteiger partial charge in [-0.2, -0.15) is 13.2 Å². The molecular formula is C14H19F3N2. The number of rotatable bonds is 7. The third-order valence-electron chi connectivity index (χ3n) is 2.70. The van der Waals surface area contributed by atoms with Crippen LogP contribution in [-0.2, 0) is 6.18 Å². The fourth-order valence-electron chi connectivity index (χ4n) is 1.70. The van der Waals surface area contributed by atoms with E-state index in [1.807, 2.05) is 0 Å². The standard InChI is InChI=1S/C14H19F3N2/c1-3-4-5-6-7-11(2)19-12-8-9-18-13(10-12)14(15,16)17/h8-10H,2-7H2,1H3,(H,18,19). The smallest absolute Gasteiger partial charge is 0.359 e. The van der Waals surface area contributed by atoms with Gasteiger partial charge in [-0.3, -0.25) is 4.98 Å². The summed E-state index contributed by atoms with van der Waals surface area (Å²) >= 11 is 0. The number of hydrogen-bond acceptors (Lipinski definition) is 2. The average Bonchev–Trinajstić information content (AvgIpc) is 2.34. The van der Waals surface area contributed by atoms with Crippen molar-refractivity contribution in [3.63, 3.8) is 0 Å². The summed E-state index contributed by atoms with van der Waals surface area (Å²) in [4.78, 5) is 3.31. The molecule has 0 amide bonds. The predicted octanol–water partition coefficient (Wildman–Crippen LogP) is 5.00. The van der Waals surface area contributed by atoms with Gasteiger partial charge in [0.05, 0.1) is 0 Å². The molecule has 1 aromatic heterocycles. The van der Waals surface area contributed by atoms with Crippen molar-refractivity contribution in [2.45, 2.75) is 45.2 Å². The molecule has 19 heavy (non-hydrogen) atoms. The van der Waals surface area contributed by atoms with Gasteiger partial charge in [0, 0.05) is 17.6 Å². The van der Waals surface area contributed by atoms with E-state index in [1.54, 1.807) is 0 Å². The first-order valence-electron chi connectivity index (χ1n) is 6.41. The number of allylic oxidation sites excluding steroid dienone is 1. The molecule has 106 valence electrons. The molecule has 1 rings (SSSR count). The highest BCUT2D eigenvalue weighted by atomic mass is 19.4. The van der Waals surface area contributed by atoms with Gasteiger partial charge in [-0.25, -0.2) is 0 Å². The van der Waals surface area contributed by atoms with E-state index in [0.717, 1.165) is 43.6 Å². The zero-order valence-electron chi connectivity index (χ0n) is 11.1. The number of alkyl halides is 3. The second-order valence-corrected chi connectivity index (χ2v) is 4.47. The van der Waals surface area contributed by atoms with Crippen molar-refractivity contribution in [3.8, 4) is 0 Å². The fraction of sp³-hybridized carbons (Fsp3) is 0.500. The Balaban J connectivity index is 2.50. The molecule has 1 N–H and O–H groups in total. The van der Waals surface area contributed by atoms with E-state index in [9.17, 15) is 13.2 Å². The van der Waals surface area contributed by atoms with Crippen LogP contribution in [0.4, 0.5) is 18.9 Å². The molecule has 0 fully saturated rings. The predicted molar refractivity (Wildman–Crippen MR) is 70.8 cm³/mol. The Bertz CT molecular complexity index is 413. The average molecular weight is 272 g/mol. The lowest BCUT2D eigenvalue weighted by atomic mass is 10.1. The molecule has 0 unspecified atom stereocenters. The van der Waals surface area contributed by atoms with Gasteiger partial charge in [-0.05, 0) is 25.0 Å². The molecule has 0 aliphatic heterocycles. The van der Waals surface area contributed by atoms with E-state index in [1.165, 1.54) is 12.5 Å². The van der Waals surface area contributed by atoms with Crippen molar-refractivity contribution in [3.05, 3.63) is 36.3 Å². The van der Waals surface area contributed by atoms with Gasteiger partial charge >= 0.3 is 6.18 Å². The Hall–Kier alpha value is -1.52. The molecule has 0 radical (unpaired) electrons. The van der Waals surface area contributed by atoms with E-state index in [0.29, 0.717) is 5.69 Å². The van der Waals surface area contributed by atoms with Crippen molar-refractivity contribution >= 4 is 5.69 Å². The zero-order valence-corrected chi connectivity index (χ0v) is 11.1. The Morgan fingerprint density at radius 1 is 1.32 bits per heavy atom. The molecule has 0 saturated heterocycles. The molecule has 0 aliphatic carbocycles. The van der Waals surface area contributed by atoms with Crippen LogP contribution in [0.25, 0.3) is 0 Å². The van der Waals surface area contributed by atoms with Crippen molar-refractivity contribution < 1.29 is 13.2 Å². The van der Waals surface area contributed by atoms with E-state index in [-0.39, 0.29) is 0 Å². The SMILES string of the molecule is C=C(CCCCCC)Nc1ccnc(C(F)(F)F)c1. The first-order chi connectivity index (χ1) is 8.93. The van der Waals surface area contributed by atoms with E-state index >= 15 is 0 Å². The van der Waals surface area contributed by atoms with Gasteiger partial charge in [-0.1, -0.05) is 32.8 Å². The molecular weight excluding hydrogens is 253 g/mol. The third kappa shape index (κ3) is 5.77. The molecule has 5 heteroatoms. The molecule has 0 atom stereocenters. The van der Waals surface area contributed by atoms with Crippen molar-refractivity contribution in [2.75, 3.05) is 5.32 Å². The van der Waals surface area contributed by atoms with Crippen LogP contribution < -0.4 is 5.32 Å². The number of nitrogens with one attached hydrogen (secondary N) is 1. The van der Waals surface area contributed by atoms with Crippen LogP contribution in [-0.4, -0.2) is 4.98 Å². The summed E-state index contributed by atoms with van der Waals surface area (Å²) in [6.45, 7) is 5.95. The molecule has 0 aromatic carbocycles. The zero-order chi connectivity index (χ0) is 14.3. The van der Waals surface area contributed by atoms with Crippen LogP contribution in [0, 0.1) is 0 Å². The van der Waals surface area contributed by atoms with Crippen molar-refractivity contribution in [2.24, 2.45) is 0 Å². The minimum absolute atomic E-state index is 0.378. The van der Waals surface area contributed by atoms with Crippen LogP contribution in [0.2, 0.25) is 0 Å². The van der Waals surface area contributed by atoms with Crippen LogP contribution in [0.1, 0.15) is 44.7 Å². The van der Waals surface area contributed by atoms with Crippen molar-refractivity contribution in [1.29, 1.82) is 0 Å². The Kier molecular flexibility index (Phi) is 5.86. The van der Waals surface area contributed by atoms with Gasteiger partial charge in [0.1, 0.15) is 5.69 Å². The summed E-state index contributed by atoms with van der Waals surface area (Å²) in [7, 11) is 0. The second kappa shape index (κ2) is 7.16. The summed E-state index contributed by atoms with van der Waals surface area (Å²) in [5, 5.41) is 2.90. The normalized spacial score (nSPS) is 11.4. The molecule has 2 nitrogen and oxygen atoms in total. The van der Waals surface area contributed by atoms with Gasteiger partial charge in [0.15, 0.2) is 0 Å². The minimum atomic E-state index is -4.42. The Morgan fingerprint density at radius 2 is 2.05 bits per heavy atom. The van der Waals surface area contributed by atoms with Gasteiger partial charge in [-0.15, -0.1) is 0 Å². The lowest BCUT2D eigenvalue weighted by Gasteiger charge is -2.11. The lowest BCUT2D eigenvalue weighted by molar-refractivity contribution is -0.141. The number of aromatic nitrogens is 1. The van der Waals surface area contributed by atoms with Crippen LogP contribution in [0.15, 0.2) is 30.6 Å². The topological polar surface area (TPSA) is 24.9 Å². The molecule has 0 aliphatic rings. The van der Waals surface area contributed by atoms with E-state index in [4.69, 9.17) is 0 Å². The first kappa shape index (κ1) is 15.5.